The lowest BCUT2D eigenvalue weighted by Gasteiger charge is -2.14. The van der Waals surface area contributed by atoms with Crippen molar-refractivity contribution in [2.24, 2.45) is 0 Å². The summed E-state index contributed by atoms with van der Waals surface area (Å²) in [7, 11) is 1.52. The number of amides is 1. The molecule has 1 aliphatic heterocycles. The topological polar surface area (TPSA) is 56.1 Å². The summed E-state index contributed by atoms with van der Waals surface area (Å²) >= 11 is 0. The largest absolute Gasteiger partial charge is 0.375 e. The molecule has 0 saturated carbocycles. The van der Waals surface area contributed by atoms with Crippen LogP contribution in [0.1, 0.15) is 24.1 Å². The highest BCUT2D eigenvalue weighted by Gasteiger charge is 2.14. The van der Waals surface area contributed by atoms with Crippen molar-refractivity contribution >= 4 is 5.91 Å². The van der Waals surface area contributed by atoms with Gasteiger partial charge in [-0.2, -0.15) is 5.10 Å². The molecule has 0 spiro atoms. The Balaban J connectivity index is 1.94. The second-order valence-electron chi connectivity index (χ2n) is 4.01. The second kappa shape index (κ2) is 5.12. The first-order valence-corrected chi connectivity index (χ1v) is 5.60. The average Bonchev–Trinajstić information content (AvgIpc) is 2.70. The van der Waals surface area contributed by atoms with Crippen LogP contribution in [0.25, 0.3) is 0 Å². The monoisotopic (exact) mass is 223 g/mol. The molecule has 1 aromatic rings. The number of aromatic nitrogens is 2. The van der Waals surface area contributed by atoms with Crippen molar-refractivity contribution in [1.82, 2.24) is 15.1 Å². The minimum absolute atomic E-state index is 0.0849. The Morgan fingerprint density at radius 3 is 3.31 bits per heavy atom. The molecule has 1 aliphatic rings. The molecule has 0 bridgehead atoms. The lowest BCUT2D eigenvalue weighted by Crippen LogP contribution is -2.27. The third-order valence-electron chi connectivity index (χ3n) is 2.82. The van der Waals surface area contributed by atoms with Crippen LogP contribution in [0.3, 0.4) is 0 Å². The predicted molar refractivity (Wildman–Crippen MR) is 58.9 cm³/mol. The molecular formula is C11H17N3O2. The summed E-state index contributed by atoms with van der Waals surface area (Å²) < 4.78 is 6.80. The van der Waals surface area contributed by atoms with Crippen molar-refractivity contribution in [3.8, 4) is 0 Å². The number of nitrogens with zero attached hydrogens (tertiary/aromatic N) is 2. The van der Waals surface area contributed by atoms with Gasteiger partial charge in [-0.25, -0.2) is 0 Å². The zero-order valence-corrected chi connectivity index (χ0v) is 9.53. The van der Waals surface area contributed by atoms with Crippen molar-refractivity contribution in [3.63, 3.8) is 0 Å². The molecular weight excluding hydrogens is 206 g/mol. The Kier molecular flexibility index (Phi) is 3.56. The van der Waals surface area contributed by atoms with Crippen molar-refractivity contribution in [2.75, 3.05) is 13.7 Å². The Hall–Kier alpha value is -1.36. The fourth-order valence-corrected chi connectivity index (χ4v) is 2.01. The van der Waals surface area contributed by atoms with Crippen LogP contribution >= 0.6 is 0 Å². The van der Waals surface area contributed by atoms with Gasteiger partial charge >= 0.3 is 0 Å². The molecule has 0 radical (unpaired) electrons. The standard InChI is InChI=1S/C11H17N3O2/c1-16-8-11(15)12-6-9-7-13-14-5-3-2-4-10(9)14/h7H,2-6,8H2,1H3,(H,12,15). The number of ether oxygens (including phenoxy) is 1. The molecule has 88 valence electrons. The maximum absolute atomic E-state index is 11.2. The van der Waals surface area contributed by atoms with E-state index in [0.29, 0.717) is 6.54 Å². The van der Waals surface area contributed by atoms with E-state index in [1.54, 1.807) is 0 Å². The van der Waals surface area contributed by atoms with E-state index in [9.17, 15) is 4.79 Å². The first-order chi connectivity index (χ1) is 7.81. The number of hydrogen-bond donors (Lipinski definition) is 1. The molecule has 1 aromatic heterocycles. The molecule has 16 heavy (non-hydrogen) atoms. The number of fused-ring (bicyclic) bond motifs is 1. The Morgan fingerprint density at radius 2 is 2.50 bits per heavy atom. The lowest BCUT2D eigenvalue weighted by atomic mass is 10.1. The van der Waals surface area contributed by atoms with Gasteiger partial charge in [-0.1, -0.05) is 0 Å². The van der Waals surface area contributed by atoms with Crippen molar-refractivity contribution in [3.05, 3.63) is 17.5 Å². The first kappa shape index (κ1) is 11.1. The molecule has 2 heterocycles. The molecule has 2 rings (SSSR count). The number of methoxy groups -OCH3 is 1. The van der Waals surface area contributed by atoms with E-state index in [0.717, 1.165) is 18.5 Å². The number of carbonyl (C=O) groups excluding carboxylic acids is 1. The second-order valence-corrected chi connectivity index (χ2v) is 4.01. The van der Waals surface area contributed by atoms with Gasteiger partial charge in [0, 0.05) is 31.5 Å². The van der Waals surface area contributed by atoms with E-state index in [4.69, 9.17) is 4.74 Å². The summed E-state index contributed by atoms with van der Waals surface area (Å²) in [6.07, 6.45) is 5.33. The van der Waals surface area contributed by atoms with Crippen LogP contribution in [-0.2, 0) is 29.0 Å². The summed E-state index contributed by atoms with van der Waals surface area (Å²) in [4.78, 5) is 11.2. The summed E-state index contributed by atoms with van der Waals surface area (Å²) in [5.74, 6) is -0.0849. The highest BCUT2D eigenvalue weighted by Crippen LogP contribution is 2.17. The highest BCUT2D eigenvalue weighted by atomic mass is 16.5. The first-order valence-electron chi connectivity index (χ1n) is 5.60. The van der Waals surface area contributed by atoms with Crippen LogP contribution in [-0.4, -0.2) is 29.4 Å². The number of hydrogen-bond acceptors (Lipinski definition) is 3. The van der Waals surface area contributed by atoms with Gasteiger partial charge in [0.2, 0.25) is 5.91 Å². The average molecular weight is 223 g/mol. The van der Waals surface area contributed by atoms with E-state index in [1.165, 1.54) is 25.6 Å². The molecule has 0 aliphatic carbocycles. The smallest absolute Gasteiger partial charge is 0.246 e. The third-order valence-corrected chi connectivity index (χ3v) is 2.82. The van der Waals surface area contributed by atoms with Crippen LogP contribution in [0.4, 0.5) is 0 Å². The van der Waals surface area contributed by atoms with Gasteiger partial charge in [0.05, 0.1) is 6.20 Å². The molecule has 5 heteroatoms. The van der Waals surface area contributed by atoms with E-state index in [-0.39, 0.29) is 12.5 Å². The Labute approximate surface area is 94.8 Å². The van der Waals surface area contributed by atoms with Crippen LogP contribution < -0.4 is 5.32 Å². The third kappa shape index (κ3) is 2.41. The maximum Gasteiger partial charge on any atom is 0.246 e. The van der Waals surface area contributed by atoms with Crippen LogP contribution in [0.2, 0.25) is 0 Å². The number of carbonyl (C=O) groups is 1. The molecule has 0 atom stereocenters. The Bertz CT molecular complexity index is 373. The van der Waals surface area contributed by atoms with Gasteiger partial charge in [0.1, 0.15) is 6.61 Å². The lowest BCUT2D eigenvalue weighted by molar-refractivity contribution is -0.124. The molecule has 5 nitrogen and oxygen atoms in total. The van der Waals surface area contributed by atoms with E-state index >= 15 is 0 Å². The minimum atomic E-state index is -0.0849. The number of aryl methyl sites for hydroxylation is 1. The number of rotatable bonds is 4. The van der Waals surface area contributed by atoms with E-state index in [1.807, 2.05) is 10.9 Å². The summed E-state index contributed by atoms with van der Waals surface area (Å²) in [5, 5.41) is 7.13. The molecule has 0 aromatic carbocycles. The molecule has 0 unspecified atom stereocenters. The van der Waals surface area contributed by atoms with Crippen molar-refractivity contribution in [2.45, 2.75) is 32.4 Å². The normalized spacial score (nSPS) is 14.6. The van der Waals surface area contributed by atoms with Gasteiger partial charge < -0.3 is 10.1 Å². The van der Waals surface area contributed by atoms with Gasteiger partial charge in [-0.3, -0.25) is 9.48 Å². The molecule has 1 N–H and O–H groups in total. The summed E-state index contributed by atoms with van der Waals surface area (Å²) in [5.41, 5.74) is 2.40. The van der Waals surface area contributed by atoms with Crippen molar-refractivity contribution < 1.29 is 9.53 Å². The highest BCUT2D eigenvalue weighted by molar-refractivity contribution is 5.77. The quantitative estimate of drug-likeness (QED) is 0.808. The zero-order chi connectivity index (χ0) is 11.4. The maximum atomic E-state index is 11.2. The van der Waals surface area contributed by atoms with Crippen molar-refractivity contribution in [1.29, 1.82) is 0 Å². The zero-order valence-electron chi connectivity index (χ0n) is 9.53. The summed E-state index contributed by atoms with van der Waals surface area (Å²) in [6, 6.07) is 0. The van der Waals surface area contributed by atoms with Crippen LogP contribution in [0.5, 0.6) is 0 Å². The molecule has 0 saturated heterocycles. The SMILES string of the molecule is COCC(=O)NCc1cnn2c1CCCC2. The van der Waals surface area contributed by atoms with Gasteiger partial charge in [-0.15, -0.1) is 0 Å². The molecule has 0 fully saturated rings. The predicted octanol–water partition coefficient (Wildman–Crippen LogP) is 0.482. The Morgan fingerprint density at radius 1 is 1.62 bits per heavy atom. The van der Waals surface area contributed by atoms with E-state index < -0.39 is 0 Å². The fourth-order valence-electron chi connectivity index (χ4n) is 2.01. The minimum Gasteiger partial charge on any atom is -0.375 e. The van der Waals surface area contributed by atoms with E-state index in [2.05, 4.69) is 10.4 Å². The fraction of sp³-hybridized carbons (Fsp3) is 0.636. The molecule has 1 amide bonds. The van der Waals surface area contributed by atoms with Crippen LogP contribution in [0, 0.1) is 0 Å². The van der Waals surface area contributed by atoms with Gasteiger partial charge in [-0.05, 0) is 19.3 Å². The van der Waals surface area contributed by atoms with Crippen LogP contribution in [0.15, 0.2) is 6.20 Å². The van der Waals surface area contributed by atoms with Gasteiger partial charge in [0.25, 0.3) is 0 Å². The van der Waals surface area contributed by atoms with Gasteiger partial charge in [0.15, 0.2) is 0 Å². The number of nitrogens with one attached hydrogen (secondary N) is 1. The summed E-state index contributed by atoms with van der Waals surface area (Å²) in [6.45, 7) is 1.67.